The molecule has 9 heteroatoms. The summed E-state index contributed by atoms with van der Waals surface area (Å²) >= 11 is 1.38. The molecule has 2 heterocycles. The summed E-state index contributed by atoms with van der Waals surface area (Å²) in [4.78, 5) is 42.6. The summed E-state index contributed by atoms with van der Waals surface area (Å²) in [5.41, 5.74) is 0.562. The number of hydrogen-bond donors (Lipinski definition) is 2. The van der Waals surface area contributed by atoms with Crippen molar-refractivity contribution in [2.24, 2.45) is 5.92 Å². The predicted octanol–water partition coefficient (Wildman–Crippen LogP) is 4.23. The van der Waals surface area contributed by atoms with Crippen molar-refractivity contribution < 1.29 is 23.9 Å². The van der Waals surface area contributed by atoms with Crippen molar-refractivity contribution in [2.45, 2.75) is 26.3 Å². The van der Waals surface area contributed by atoms with Gasteiger partial charge in [0.05, 0.1) is 25.2 Å². The van der Waals surface area contributed by atoms with Gasteiger partial charge in [-0.1, -0.05) is 32.0 Å². The lowest BCUT2D eigenvalue weighted by Crippen LogP contribution is -2.48. The number of carbonyl (C=O) groups excluding carboxylic acids is 3. The lowest BCUT2D eigenvalue weighted by Gasteiger charge is -2.27. The van der Waals surface area contributed by atoms with E-state index >= 15 is 0 Å². The van der Waals surface area contributed by atoms with Gasteiger partial charge in [0.1, 0.15) is 17.5 Å². The van der Waals surface area contributed by atoms with Crippen LogP contribution in [-0.4, -0.2) is 62.0 Å². The van der Waals surface area contributed by atoms with Crippen LogP contribution < -0.4 is 15.4 Å². The number of amides is 2. The number of fused-ring (bicyclic) bond motifs is 1. The number of methoxy groups -OCH3 is 1. The van der Waals surface area contributed by atoms with Crippen LogP contribution in [0.1, 0.15) is 40.3 Å². The first kappa shape index (κ1) is 27.3. The number of hydrogen-bond acceptors (Lipinski definition) is 7. The van der Waals surface area contributed by atoms with Crippen LogP contribution in [0.4, 0.5) is 0 Å². The van der Waals surface area contributed by atoms with Gasteiger partial charge in [-0.3, -0.25) is 14.4 Å². The summed E-state index contributed by atoms with van der Waals surface area (Å²) < 4.78 is 11.6. The normalized spacial score (nSPS) is 14.8. The zero-order valence-corrected chi connectivity index (χ0v) is 22.7. The summed E-state index contributed by atoms with van der Waals surface area (Å²) in [6.45, 7) is 6.25. The number of ketones is 1. The van der Waals surface area contributed by atoms with Crippen LogP contribution in [0.5, 0.6) is 5.75 Å². The van der Waals surface area contributed by atoms with Crippen LogP contribution in [-0.2, 0) is 9.53 Å². The van der Waals surface area contributed by atoms with Crippen molar-refractivity contribution in [1.29, 1.82) is 0 Å². The Hall–Kier alpha value is -3.69. The van der Waals surface area contributed by atoms with Gasteiger partial charge in [-0.2, -0.15) is 0 Å². The second-order valence-electron chi connectivity index (χ2n) is 9.54. The average Bonchev–Trinajstić information content (AvgIpc) is 3.37. The smallest absolute Gasteiger partial charge is 0.262 e. The maximum absolute atomic E-state index is 13.5. The lowest BCUT2D eigenvalue weighted by atomic mass is 10.0. The van der Waals surface area contributed by atoms with Gasteiger partial charge in [-0.05, 0) is 54.1 Å². The fraction of sp³-hybridized carbons (Fsp3) is 0.345. The highest BCUT2D eigenvalue weighted by molar-refractivity contribution is 7.20. The van der Waals surface area contributed by atoms with Crippen LogP contribution in [0.15, 0.2) is 66.5 Å². The van der Waals surface area contributed by atoms with Crippen LogP contribution in [0.3, 0.4) is 0 Å². The Balaban J connectivity index is 1.56. The maximum Gasteiger partial charge on any atom is 0.262 e. The molecule has 0 unspecified atom stereocenters. The number of allylic oxidation sites excluding steroid dienone is 1. The van der Waals surface area contributed by atoms with Crippen molar-refractivity contribution in [2.75, 3.05) is 33.4 Å². The Bertz CT molecular complexity index is 1280. The number of rotatable bonds is 10. The molecule has 1 aromatic heterocycles. The summed E-state index contributed by atoms with van der Waals surface area (Å²) in [5.74, 6) is -0.309. The number of morpholine rings is 1. The van der Waals surface area contributed by atoms with Gasteiger partial charge >= 0.3 is 0 Å². The number of thiophene rings is 1. The molecule has 200 valence electrons. The van der Waals surface area contributed by atoms with Gasteiger partial charge in [-0.15, -0.1) is 11.3 Å². The minimum Gasteiger partial charge on any atom is -0.497 e. The minimum absolute atomic E-state index is 0.137. The Labute approximate surface area is 226 Å². The Kier molecular flexibility index (Phi) is 9.15. The van der Waals surface area contributed by atoms with E-state index in [9.17, 15) is 14.4 Å². The van der Waals surface area contributed by atoms with E-state index in [1.165, 1.54) is 11.3 Å². The third-order valence-electron chi connectivity index (χ3n) is 6.19. The first-order chi connectivity index (χ1) is 18.3. The van der Waals surface area contributed by atoms with Gasteiger partial charge < -0.3 is 25.0 Å². The summed E-state index contributed by atoms with van der Waals surface area (Å²) in [6, 6.07) is 15.5. The number of ether oxygens (including phenoxy) is 2. The van der Waals surface area contributed by atoms with Crippen LogP contribution in [0.2, 0.25) is 0 Å². The molecule has 38 heavy (non-hydrogen) atoms. The lowest BCUT2D eigenvalue weighted by molar-refractivity contribution is -0.122. The van der Waals surface area contributed by atoms with Crippen LogP contribution in [0, 0.1) is 5.92 Å². The number of Topliss-reactive ketones (excluding diaryl/α,β-unsaturated/α-hetero) is 1. The molecule has 1 fully saturated rings. The Morgan fingerprint density at radius 1 is 1.08 bits per heavy atom. The highest BCUT2D eigenvalue weighted by Crippen LogP contribution is 2.25. The Morgan fingerprint density at radius 2 is 1.79 bits per heavy atom. The van der Waals surface area contributed by atoms with E-state index in [1.54, 1.807) is 37.6 Å². The fourth-order valence-corrected chi connectivity index (χ4v) is 5.15. The molecular weight excluding hydrogens is 502 g/mol. The second kappa shape index (κ2) is 12.7. The number of benzene rings is 2. The highest BCUT2D eigenvalue weighted by Gasteiger charge is 2.26. The van der Waals surface area contributed by atoms with Crippen molar-refractivity contribution >= 4 is 39.0 Å². The summed E-state index contributed by atoms with van der Waals surface area (Å²) in [7, 11) is 1.56. The summed E-state index contributed by atoms with van der Waals surface area (Å²) in [5, 5.41) is 6.71. The van der Waals surface area contributed by atoms with Crippen molar-refractivity contribution in [1.82, 2.24) is 15.5 Å². The topological polar surface area (TPSA) is 97.0 Å². The molecule has 8 nitrogen and oxygen atoms in total. The molecular formula is C29H33N3O5S. The van der Waals surface area contributed by atoms with Crippen molar-refractivity contribution in [3.05, 3.63) is 76.9 Å². The Morgan fingerprint density at radius 3 is 2.45 bits per heavy atom. The zero-order chi connectivity index (χ0) is 27.1. The van der Waals surface area contributed by atoms with Gasteiger partial charge in [0.15, 0.2) is 0 Å². The molecule has 0 bridgehead atoms. The van der Waals surface area contributed by atoms with E-state index in [0.717, 1.165) is 10.1 Å². The largest absolute Gasteiger partial charge is 0.497 e. The average molecular weight is 536 g/mol. The number of carbonyl (C=O) groups is 3. The monoisotopic (exact) mass is 535 g/mol. The molecule has 4 rings (SSSR count). The predicted molar refractivity (Wildman–Crippen MR) is 148 cm³/mol. The number of nitrogens with one attached hydrogen (secondary N) is 2. The summed E-state index contributed by atoms with van der Waals surface area (Å²) in [6.07, 6.45) is 2.09. The molecule has 2 aromatic carbocycles. The molecule has 3 aromatic rings. The van der Waals surface area contributed by atoms with E-state index in [1.807, 2.05) is 49.1 Å². The van der Waals surface area contributed by atoms with Gasteiger partial charge in [0.2, 0.25) is 11.7 Å². The molecule has 2 N–H and O–H groups in total. The molecule has 1 saturated heterocycles. The minimum atomic E-state index is -0.815. The van der Waals surface area contributed by atoms with E-state index < -0.39 is 11.9 Å². The molecule has 2 amide bonds. The highest BCUT2D eigenvalue weighted by atomic mass is 32.1. The quantitative estimate of drug-likeness (QED) is 0.298. The maximum atomic E-state index is 13.5. The van der Waals surface area contributed by atoms with Crippen LogP contribution in [0.25, 0.3) is 10.1 Å². The molecule has 0 radical (unpaired) electrons. The first-order valence-electron chi connectivity index (χ1n) is 12.7. The third-order valence-corrected chi connectivity index (χ3v) is 7.31. The molecule has 0 saturated carbocycles. The first-order valence-corrected chi connectivity index (χ1v) is 13.5. The zero-order valence-electron chi connectivity index (χ0n) is 21.9. The van der Waals surface area contributed by atoms with E-state index in [-0.39, 0.29) is 23.3 Å². The SMILES string of the molecule is COc1ccc(C(=O)/C(=C\N2CCOCC2)NC(=O)[C@H](CC(C)C)NC(=O)c2cc3ccccc3s2)cc1. The number of nitrogens with zero attached hydrogens (tertiary/aromatic N) is 1. The van der Waals surface area contributed by atoms with Gasteiger partial charge in [0.25, 0.3) is 5.91 Å². The van der Waals surface area contributed by atoms with Crippen molar-refractivity contribution in [3.63, 3.8) is 0 Å². The standard InChI is InChI=1S/C29H33N3O5S/c1-19(2)16-23(30-29(35)26-17-21-6-4-5-7-25(21)38-26)28(34)31-24(18-32-12-14-37-15-13-32)27(33)20-8-10-22(36-3)11-9-20/h4-11,17-19,23H,12-16H2,1-3H3,(H,30,35)(H,31,34)/b24-18+/t23-/m0/s1. The molecule has 0 aliphatic carbocycles. The molecule has 1 atom stereocenters. The van der Waals surface area contributed by atoms with E-state index in [0.29, 0.717) is 48.9 Å². The third kappa shape index (κ3) is 6.99. The van der Waals surface area contributed by atoms with E-state index in [4.69, 9.17) is 9.47 Å². The van der Waals surface area contributed by atoms with Crippen LogP contribution >= 0.6 is 11.3 Å². The molecule has 0 spiro atoms. The van der Waals surface area contributed by atoms with E-state index in [2.05, 4.69) is 10.6 Å². The fourth-order valence-electron chi connectivity index (χ4n) is 4.18. The molecule has 1 aliphatic heterocycles. The van der Waals surface area contributed by atoms with Gasteiger partial charge in [-0.25, -0.2) is 0 Å². The molecule has 1 aliphatic rings. The second-order valence-corrected chi connectivity index (χ2v) is 10.6. The van der Waals surface area contributed by atoms with Gasteiger partial charge in [0, 0.05) is 29.6 Å². The van der Waals surface area contributed by atoms with Crippen molar-refractivity contribution in [3.8, 4) is 5.75 Å².